The number of Topliss-reactive ketones (excluding diaryl/α,β-unsaturated/α-hetero) is 1. The second-order valence-corrected chi connectivity index (χ2v) is 5.24. The first kappa shape index (κ1) is 13.7. The van der Waals surface area contributed by atoms with E-state index in [1.165, 1.54) is 11.5 Å². The van der Waals surface area contributed by atoms with E-state index in [-0.39, 0.29) is 5.78 Å². The third-order valence-electron chi connectivity index (χ3n) is 2.90. The predicted octanol–water partition coefficient (Wildman–Crippen LogP) is 2.74. The SMILES string of the molecule is CC(=O)c1c(C)nsc1NCCCCn1ccnc1. The van der Waals surface area contributed by atoms with Crippen LogP contribution in [0.3, 0.4) is 0 Å². The summed E-state index contributed by atoms with van der Waals surface area (Å²) >= 11 is 1.36. The van der Waals surface area contributed by atoms with Crippen molar-refractivity contribution in [1.82, 2.24) is 13.9 Å². The maximum Gasteiger partial charge on any atom is 0.164 e. The Balaban J connectivity index is 1.75. The van der Waals surface area contributed by atoms with Gasteiger partial charge in [0.2, 0.25) is 0 Å². The molecule has 0 amide bonds. The molecule has 2 aromatic heterocycles. The topological polar surface area (TPSA) is 59.8 Å². The number of carbonyl (C=O) groups is 1. The van der Waals surface area contributed by atoms with Gasteiger partial charge in [0.05, 0.1) is 17.6 Å². The minimum Gasteiger partial charge on any atom is -0.375 e. The number of ketones is 1. The van der Waals surface area contributed by atoms with Gasteiger partial charge in [-0.1, -0.05) is 0 Å². The largest absolute Gasteiger partial charge is 0.375 e. The predicted molar refractivity (Wildman–Crippen MR) is 76.8 cm³/mol. The van der Waals surface area contributed by atoms with Gasteiger partial charge in [-0.3, -0.25) is 4.79 Å². The molecule has 0 unspecified atom stereocenters. The van der Waals surface area contributed by atoms with E-state index in [9.17, 15) is 4.79 Å². The van der Waals surface area contributed by atoms with E-state index in [1.807, 2.05) is 19.4 Å². The summed E-state index contributed by atoms with van der Waals surface area (Å²) in [4.78, 5) is 15.5. The first-order valence-corrected chi connectivity index (χ1v) is 7.12. The number of aromatic nitrogens is 3. The van der Waals surface area contributed by atoms with Gasteiger partial charge in [-0.15, -0.1) is 0 Å². The summed E-state index contributed by atoms with van der Waals surface area (Å²) in [5.74, 6) is 0.0761. The molecule has 0 bridgehead atoms. The van der Waals surface area contributed by atoms with Crippen molar-refractivity contribution >= 4 is 22.3 Å². The summed E-state index contributed by atoms with van der Waals surface area (Å²) in [7, 11) is 0. The van der Waals surface area contributed by atoms with Crippen LogP contribution in [0.25, 0.3) is 0 Å². The number of hydrogen-bond acceptors (Lipinski definition) is 5. The number of rotatable bonds is 7. The Kier molecular flexibility index (Phi) is 4.68. The van der Waals surface area contributed by atoms with Crippen LogP contribution in [-0.4, -0.2) is 26.3 Å². The van der Waals surface area contributed by atoms with Gasteiger partial charge >= 0.3 is 0 Å². The van der Waals surface area contributed by atoms with Crippen LogP contribution in [0.5, 0.6) is 0 Å². The molecule has 1 N–H and O–H groups in total. The maximum absolute atomic E-state index is 11.5. The lowest BCUT2D eigenvalue weighted by Crippen LogP contribution is -2.06. The fraction of sp³-hybridized carbons (Fsp3) is 0.462. The van der Waals surface area contributed by atoms with Crippen LogP contribution in [0, 0.1) is 6.92 Å². The zero-order valence-electron chi connectivity index (χ0n) is 11.2. The van der Waals surface area contributed by atoms with Crippen molar-refractivity contribution in [2.45, 2.75) is 33.2 Å². The van der Waals surface area contributed by atoms with Gasteiger partial charge in [-0.25, -0.2) is 4.98 Å². The third kappa shape index (κ3) is 3.64. The maximum atomic E-state index is 11.5. The molecule has 2 aromatic rings. The van der Waals surface area contributed by atoms with Crippen molar-refractivity contribution in [3.8, 4) is 0 Å². The Morgan fingerprint density at radius 1 is 1.47 bits per heavy atom. The normalized spacial score (nSPS) is 10.6. The molecule has 0 saturated heterocycles. The van der Waals surface area contributed by atoms with E-state index in [4.69, 9.17) is 0 Å². The summed E-state index contributed by atoms with van der Waals surface area (Å²) in [6.07, 6.45) is 7.71. The number of imidazole rings is 1. The summed E-state index contributed by atoms with van der Waals surface area (Å²) in [6, 6.07) is 0. The first-order valence-electron chi connectivity index (χ1n) is 6.35. The summed E-state index contributed by atoms with van der Waals surface area (Å²) in [5.41, 5.74) is 1.55. The van der Waals surface area contributed by atoms with E-state index >= 15 is 0 Å². The molecule has 19 heavy (non-hydrogen) atoms. The van der Waals surface area contributed by atoms with Crippen molar-refractivity contribution in [2.24, 2.45) is 0 Å². The standard InChI is InChI=1S/C13H18N4OS/c1-10-12(11(2)18)13(19-16-10)15-5-3-4-7-17-8-6-14-9-17/h6,8-9,15H,3-5,7H2,1-2H3. The van der Waals surface area contributed by atoms with Gasteiger partial charge < -0.3 is 9.88 Å². The number of nitrogens with one attached hydrogen (secondary N) is 1. The quantitative estimate of drug-likeness (QED) is 0.625. The molecule has 0 aliphatic carbocycles. The number of anilines is 1. The minimum atomic E-state index is 0.0761. The lowest BCUT2D eigenvalue weighted by molar-refractivity contribution is 0.101. The van der Waals surface area contributed by atoms with Crippen LogP contribution in [0.15, 0.2) is 18.7 Å². The Hall–Kier alpha value is -1.69. The van der Waals surface area contributed by atoms with Crippen LogP contribution >= 0.6 is 11.5 Å². The smallest absolute Gasteiger partial charge is 0.164 e. The van der Waals surface area contributed by atoms with E-state index in [1.54, 1.807) is 13.1 Å². The molecular weight excluding hydrogens is 260 g/mol. The molecule has 0 aliphatic heterocycles. The first-order chi connectivity index (χ1) is 9.18. The number of unbranched alkanes of at least 4 members (excludes halogenated alkanes) is 1. The number of nitrogens with zero attached hydrogens (tertiary/aromatic N) is 3. The molecule has 5 nitrogen and oxygen atoms in total. The monoisotopic (exact) mass is 278 g/mol. The lowest BCUT2D eigenvalue weighted by atomic mass is 10.2. The van der Waals surface area contributed by atoms with Crippen molar-refractivity contribution < 1.29 is 4.79 Å². The molecule has 6 heteroatoms. The number of aryl methyl sites for hydroxylation is 2. The van der Waals surface area contributed by atoms with Crippen molar-refractivity contribution in [1.29, 1.82) is 0 Å². The molecule has 0 saturated carbocycles. The molecule has 0 aromatic carbocycles. The van der Waals surface area contributed by atoms with Crippen LogP contribution in [-0.2, 0) is 6.54 Å². The number of carbonyl (C=O) groups excluding carboxylic acids is 1. The molecule has 0 aliphatic rings. The molecule has 0 radical (unpaired) electrons. The lowest BCUT2D eigenvalue weighted by Gasteiger charge is -2.06. The van der Waals surface area contributed by atoms with Crippen LogP contribution in [0.4, 0.5) is 5.00 Å². The zero-order valence-corrected chi connectivity index (χ0v) is 12.0. The molecular formula is C13H18N4OS. The van der Waals surface area contributed by atoms with Gasteiger partial charge in [-0.2, -0.15) is 4.37 Å². The zero-order chi connectivity index (χ0) is 13.7. The average molecular weight is 278 g/mol. The van der Waals surface area contributed by atoms with E-state index in [0.29, 0.717) is 0 Å². The summed E-state index contributed by atoms with van der Waals surface area (Å²) < 4.78 is 6.29. The van der Waals surface area contributed by atoms with Crippen molar-refractivity contribution in [2.75, 3.05) is 11.9 Å². The van der Waals surface area contributed by atoms with Gasteiger partial charge in [0.1, 0.15) is 5.00 Å². The second-order valence-electron chi connectivity index (χ2n) is 4.46. The highest BCUT2D eigenvalue weighted by molar-refractivity contribution is 7.10. The van der Waals surface area contributed by atoms with E-state index in [0.717, 1.165) is 42.2 Å². The highest BCUT2D eigenvalue weighted by Gasteiger charge is 2.13. The minimum absolute atomic E-state index is 0.0761. The summed E-state index contributed by atoms with van der Waals surface area (Å²) in [5, 5.41) is 4.20. The van der Waals surface area contributed by atoms with Crippen LogP contribution in [0.2, 0.25) is 0 Å². The molecule has 0 fully saturated rings. The highest BCUT2D eigenvalue weighted by atomic mass is 32.1. The molecule has 0 atom stereocenters. The van der Waals surface area contributed by atoms with E-state index in [2.05, 4.69) is 19.2 Å². The Morgan fingerprint density at radius 2 is 2.32 bits per heavy atom. The molecule has 2 heterocycles. The van der Waals surface area contributed by atoms with Crippen LogP contribution in [0.1, 0.15) is 35.8 Å². The summed E-state index contributed by atoms with van der Waals surface area (Å²) in [6.45, 7) is 5.29. The Morgan fingerprint density at radius 3 is 3.00 bits per heavy atom. The Bertz CT molecular complexity index is 533. The molecule has 2 rings (SSSR count). The van der Waals surface area contributed by atoms with Gasteiger partial charge in [0.25, 0.3) is 0 Å². The van der Waals surface area contributed by atoms with Crippen molar-refractivity contribution in [3.63, 3.8) is 0 Å². The molecule has 102 valence electrons. The number of hydrogen-bond donors (Lipinski definition) is 1. The van der Waals surface area contributed by atoms with Crippen molar-refractivity contribution in [3.05, 3.63) is 30.0 Å². The van der Waals surface area contributed by atoms with Gasteiger partial charge in [0, 0.05) is 25.5 Å². The third-order valence-corrected chi connectivity index (χ3v) is 3.80. The fourth-order valence-electron chi connectivity index (χ4n) is 1.95. The second kappa shape index (κ2) is 6.47. The Labute approximate surface area is 116 Å². The average Bonchev–Trinajstić information content (AvgIpc) is 2.98. The van der Waals surface area contributed by atoms with Crippen LogP contribution < -0.4 is 5.32 Å². The van der Waals surface area contributed by atoms with Gasteiger partial charge in [0.15, 0.2) is 5.78 Å². The fourth-order valence-corrected chi connectivity index (χ4v) is 2.81. The molecule has 0 spiro atoms. The van der Waals surface area contributed by atoms with E-state index < -0.39 is 0 Å². The van der Waals surface area contributed by atoms with Gasteiger partial charge in [-0.05, 0) is 38.2 Å². The highest BCUT2D eigenvalue weighted by Crippen LogP contribution is 2.24.